The number of urea groups is 1. The van der Waals surface area contributed by atoms with Gasteiger partial charge in [-0.1, -0.05) is 76.0 Å². The number of carbonyl (C=O) groups is 1. The summed E-state index contributed by atoms with van der Waals surface area (Å²) in [7, 11) is -5.08. The van der Waals surface area contributed by atoms with Gasteiger partial charge in [-0.05, 0) is 35.7 Å². The third-order valence-electron chi connectivity index (χ3n) is 8.43. The van der Waals surface area contributed by atoms with Crippen LogP contribution in [-0.4, -0.2) is 89.1 Å². The smallest absolute Gasteiger partial charge is 0.326 e. The van der Waals surface area contributed by atoms with Gasteiger partial charge < -0.3 is 9.64 Å². The summed E-state index contributed by atoms with van der Waals surface area (Å²) in [6.07, 6.45) is 5.23. The molecular formula is C34H42N8O5SSi. The maximum atomic E-state index is 13.7. The van der Waals surface area contributed by atoms with Crippen molar-refractivity contribution in [3.05, 3.63) is 79.4 Å². The number of hydrogen-bond donors (Lipinski definition) is 0. The van der Waals surface area contributed by atoms with Crippen LogP contribution in [0.3, 0.4) is 0 Å². The Morgan fingerprint density at radius 3 is 2.43 bits per heavy atom. The van der Waals surface area contributed by atoms with E-state index in [4.69, 9.17) is 13.9 Å². The number of anilines is 1. The van der Waals surface area contributed by atoms with Gasteiger partial charge in [-0.15, -0.1) is 5.10 Å². The Balaban J connectivity index is 1.15. The number of hydrogen-bond acceptors (Lipinski definition) is 9. The molecule has 0 saturated carbocycles. The molecular weight excluding hydrogens is 661 g/mol. The molecule has 0 radical (unpaired) electrons. The summed E-state index contributed by atoms with van der Waals surface area (Å²) in [5.41, 5.74) is 3.20. The van der Waals surface area contributed by atoms with E-state index < -0.39 is 18.2 Å². The van der Waals surface area contributed by atoms with E-state index in [1.807, 2.05) is 24.3 Å². The molecule has 1 saturated heterocycles. The van der Waals surface area contributed by atoms with Gasteiger partial charge in [-0.2, -0.15) is 13.5 Å². The van der Waals surface area contributed by atoms with Crippen molar-refractivity contribution in [3.63, 3.8) is 0 Å². The topological polar surface area (TPSA) is 137 Å². The van der Waals surface area contributed by atoms with Crippen LogP contribution in [0.5, 0.6) is 0 Å². The Hall–Kier alpha value is -4.44. The fourth-order valence-electron chi connectivity index (χ4n) is 5.58. The van der Waals surface area contributed by atoms with Crippen LogP contribution in [0.15, 0.2) is 84.3 Å². The first-order valence-electron chi connectivity index (χ1n) is 16.3. The maximum absolute atomic E-state index is 13.7. The van der Waals surface area contributed by atoms with Crippen LogP contribution in [0.1, 0.15) is 13.8 Å². The fraction of sp³-hybridized carbons (Fsp3) is 0.382. The number of rotatable bonds is 14. The summed E-state index contributed by atoms with van der Waals surface area (Å²) >= 11 is 0. The molecule has 0 aliphatic carbocycles. The number of carbonyl (C=O) groups excluding carboxylic acids is 1. The molecule has 1 fully saturated rings. The van der Waals surface area contributed by atoms with Crippen molar-refractivity contribution in [2.45, 2.75) is 57.2 Å². The van der Waals surface area contributed by atoms with Gasteiger partial charge >= 0.3 is 6.03 Å². The summed E-state index contributed by atoms with van der Waals surface area (Å²) in [5.74, 6) is 1.23. The lowest BCUT2D eigenvalue weighted by molar-refractivity contribution is 0.0785. The zero-order valence-electron chi connectivity index (χ0n) is 28.4. The zero-order valence-corrected chi connectivity index (χ0v) is 30.2. The lowest BCUT2D eigenvalue weighted by Gasteiger charge is -2.25. The van der Waals surface area contributed by atoms with Crippen molar-refractivity contribution in [2.75, 3.05) is 31.2 Å². The molecule has 0 spiro atoms. The largest absolute Gasteiger partial charge is 0.359 e. The van der Waals surface area contributed by atoms with Gasteiger partial charge in [0.25, 0.3) is 10.1 Å². The Morgan fingerprint density at radius 1 is 0.980 bits per heavy atom. The molecule has 49 heavy (non-hydrogen) atoms. The van der Waals surface area contributed by atoms with E-state index in [2.05, 4.69) is 48.7 Å². The number of fused-ring (bicyclic) bond motifs is 1. The van der Waals surface area contributed by atoms with E-state index in [0.29, 0.717) is 37.2 Å². The molecule has 1 atom stereocenters. The Labute approximate surface area is 287 Å². The Kier molecular flexibility index (Phi) is 9.97. The number of nitrogens with zero attached hydrogens (tertiary/aromatic N) is 8. The van der Waals surface area contributed by atoms with E-state index in [-0.39, 0.29) is 36.0 Å². The number of amides is 2. The average molecular weight is 703 g/mol. The second-order valence-electron chi connectivity index (χ2n) is 13.6. The molecule has 0 N–H and O–H groups in total. The van der Waals surface area contributed by atoms with E-state index >= 15 is 0 Å². The first-order chi connectivity index (χ1) is 23.4. The second-order valence-corrected chi connectivity index (χ2v) is 20.9. The molecule has 0 bridgehead atoms. The first kappa shape index (κ1) is 34.4. The van der Waals surface area contributed by atoms with E-state index in [0.717, 1.165) is 22.7 Å². The highest BCUT2D eigenvalue weighted by molar-refractivity contribution is 7.86. The summed E-state index contributed by atoms with van der Waals surface area (Å²) in [5, 5.41) is 9.08. The normalized spacial score (nSPS) is 15.6. The molecule has 6 rings (SSSR count). The van der Waals surface area contributed by atoms with Crippen LogP contribution in [-0.2, 0) is 25.8 Å². The summed E-state index contributed by atoms with van der Waals surface area (Å²) in [4.78, 5) is 26.5. The SMILES string of the molecule is CC(C)C1CN(CCOS(=O)(=O)c2ccccc2)C(=O)N1c1ccn2ncc(-c3ccc(-c4ncn(COCC[Si](C)(C)C)n4)cc3)c2n1. The van der Waals surface area contributed by atoms with Crippen molar-refractivity contribution in [1.82, 2.24) is 34.3 Å². The van der Waals surface area contributed by atoms with E-state index in [9.17, 15) is 13.2 Å². The van der Waals surface area contributed by atoms with E-state index in [1.54, 1.807) is 62.0 Å². The van der Waals surface area contributed by atoms with Gasteiger partial charge in [-0.3, -0.25) is 9.08 Å². The Morgan fingerprint density at radius 2 is 1.71 bits per heavy atom. The number of benzene rings is 2. The monoisotopic (exact) mass is 702 g/mol. The molecule has 1 unspecified atom stereocenters. The van der Waals surface area contributed by atoms with Gasteiger partial charge in [-0.25, -0.2) is 24.0 Å². The fourth-order valence-corrected chi connectivity index (χ4v) is 7.25. The highest BCUT2D eigenvalue weighted by atomic mass is 32.2. The van der Waals surface area contributed by atoms with Crippen LogP contribution >= 0.6 is 0 Å². The van der Waals surface area contributed by atoms with Crippen molar-refractivity contribution in [2.24, 2.45) is 5.92 Å². The van der Waals surface area contributed by atoms with Crippen LogP contribution in [0.25, 0.3) is 28.2 Å². The molecule has 2 amide bonds. The van der Waals surface area contributed by atoms with Crippen LogP contribution < -0.4 is 4.90 Å². The third-order valence-corrected chi connectivity index (χ3v) is 11.5. The molecule has 1 aliphatic heterocycles. The standard InChI is InChI=1S/C34H42N8O5SSi/c1-25(2)30-22-39(17-18-47-48(44,45)28-9-7-6-8-10-28)34(43)42(30)31-15-16-41-33(37-31)29(21-36-41)26-11-13-27(14-12-26)32-35-23-40(38-32)24-46-19-20-49(3,4)5/h6-16,21,23,25,30H,17-20,22,24H2,1-5H3. The van der Waals surface area contributed by atoms with Crippen LogP contribution in [0.2, 0.25) is 25.7 Å². The van der Waals surface area contributed by atoms with Crippen molar-refractivity contribution in [1.29, 1.82) is 0 Å². The predicted molar refractivity (Wildman–Crippen MR) is 189 cm³/mol. The first-order valence-corrected chi connectivity index (χ1v) is 21.5. The lowest BCUT2D eigenvalue weighted by Crippen LogP contribution is -2.38. The minimum atomic E-state index is -3.93. The molecule has 1 aliphatic rings. The minimum Gasteiger partial charge on any atom is -0.359 e. The van der Waals surface area contributed by atoms with E-state index in [1.165, 1.54) is 12.1 Å². The number of aromatic nitrogens is 6. The predicted octanol–water partition coefficient (Wildman–Crippen LogP) is 5.64. The van der Waals surface area contributed by atoms with Crippen molar-refractivity contribution >= 4 is 35.7 Å². The maximum Gasteiger partial charge on any atom is 0.326 e. The molecule has 4 heterocycles. The van der Waals surface area contributed by atoms with Crippen LogP contribution in [0.4, 0.5) is 10.6 Å². The van der Waals surface area contributed by atoms with Gasteiger partial charge in [0.2, 0.25) is 0 Å². The quantitative estimate of drug-likeness (QED) is 0.0818. The van der Waals surface area contributed by atoms with Gasteiger partial charge in [0, 0.05) is 45.1 Å². The molecule has 5 aromatic rings. The molecule has 13 nitrogen and oxygen atoms in total. The lowest BCUT2D eigenvalue weighted by atomic mass is 10.0. The summed E-state index contributed by atoms with van der Waals surface area (Å²) in [6, 6.07) is 18.3. The van der Waals surface area contributed by atoms with Crippen molar-refractivity contribution in [3.8, 4) is 22.5 Å². The second kappa shape index (κ2) is 14.2. The van der Waals surface area contributed by atoms with Gasteiger partial charge in [0.15, 0.2) is 11.5 Å². The molecule has 3 aromatic heterocycles. The van der Waals surface area contributed by atoms with Crippen molar-refractivity contribution < 1.29 is 22.1 Å². The van der Waals surface area contributed by atoms with Gasteiger partial charge in [0.1, 0.15) is 18.9 Å². The van der Waals surface area contributed by atoms with Crippen LogP contribution in [0, 0.1) is 5.92 Å². The average Bonchev–Trinajstić information content (AvgIpc) is 3.80. The highest BCUT2D eigenvalue weighted by Gasteiger charge is 2.40. The third kappa shape index (κ3) is 7.90. The summed E-state index contributed by atoms with van der Waals surface area (Å²) in [6.45, 7) is 12.5. The zero-order chi connectivity index (χ0) is 34.8. The summed E-state index contributed by atoms with van der Waals surface area (Å²) < 4.78 is 39.6. The van der Waals surface area contributed by atoms with Gasteiger partial charge in [0.05, 0.1) is 23.7 Å². The minimum absolute atomic E-state index is 0.0780. The highest BCUT2D eigenvalue weighted by Crippen LogP contribution is 2.31. The molecule has 258 valence electrons. The number of ether oxygens (including phenoxy) is 1. The Bertz CT molecular complexity index is 2010. The molecule has 15 heteroatoms. The molecule has 2 aromatic carbocycles.